The first-order valence-electron chi connectivity index (χ1n) is 10.8. The molecule has 1 N–H and O–H groups in total. The molecule has 31 heavy (non-hydrogen) atoms. The number of pyridine rings is 1. The van der Waals surface area contributed by atoms with E-state index < -0.39 is 0 Å². The van der Waals surface area contributed by atoms with Gasteiger partial charge in [-0.15, -0.1) is 0 Å². The minimum absolute atomic E-state index is 0.141. The number of hydrogen-bond donors (Lipinski definition) is 1. The van der Waals surface area contributed by atoms with Crippen LogP contribution in [0.1, 0.15) is 44.1 Å². The number of aryl methyl sites for hydroxylation is 1. The quantitative estimate of drug-likeness (QED) is 0.594. The van der Waals surface area contributed by atoms with Gasteiger partial charge in [0.1, 0.15) is 0 Å². The van der Waals surface area contributed by atoms with Crippen molar-refractivity contribution in [1.82, 2.24) is 4.98 Å². The first kappa shape index (κ1) is 22.7. The largest absolute Gasteiger partial charge is 0.493 e. The smallest absolute Gasteiger partial charge is 0.225 e. The van der Waals surface area contributed by atoms with Crippen molar-refractivity contribution in [2.24, 2.45) is 5.92 Å². The highest BCUT2D eigenvalue weighted by Gasteiger charge is 2.18. The van der Waals surface area contributed by atoms with E-state index in [2.05, 4.69) is 10.3 Å². The molecule has 0 spiro atoms. The summed E-state index contributed by atoms with van der Waals surface area (Å²) in [6, 6.07) is 7.36. The van der Waals surface area contributed by atoms with Gasteiger partial charge in [0, 0.05) is 12.6 Å². The summed E-state index contributed by atoms with van der Waals surface area (Å²) in [6.45, 7) is 0.664. The maximum atomic E-state index is 12.6. The number of rotatable bonds is 10. The van der Waals surface area contributed by atoms with Crippen LogP contribution in [-0.2, 0) is 11.2 Å². The summed E-state index contributed by atoms with van der Waals surface area (Å²) in [5.41, 5.74) is 0.866. The van der Waals surface area contributed by atoms with Crippen molar-refractivity contribution in [2.75, 3.05) is 33.3 Å². The normalized spacial score (nSPS) is 14.0. The second kappa shape index (κ2) is 11.4. The van der Waals surface area contributed by atoms with Gasteiger partial charge in [-0.3, -0.25) is 4.79 Å². The molecule has 1 aliphatic carbocycles. The number of amides is 1. The van der Waals surface area contributed by atoms with Crippen LogP contribution < -0.4 is 24.3 Å². The summed E-state index contributed by atoms with van der Waals surface area (Å²) in [5, 5.41) is 2.89. The Morgan fingerprint density at radius 1 is 1.00 bits per heavy atom. The molecular weight excluding hydrogens is 396 g/mol. The van der Waals surface area contributed by atoms with Crippen molar-refractivity contribution >= 4 is 11.7 Å². The maximum Gasteiger partial charge on any atom is 0.225 e. The van der Waals surface area contributed by atoms with Gasteiger partial charge in [-0.2, -0.15) is 0 Å². The molecule has 2 aromatic rings. The first-order valence-corrected chi connectivity index (χ1v) is 10.8. The first-order chi connectivity index (χ1) is 15.2. The number of hydrogen-bond acceptors (Lipinski definition) is 6. The van der Waals surface area contributed by atoms with Crippen LogP contribution in [0, 0.1) is 5.92 Å². The van der Waals surface area contributed by atoms with Gasteiger partial charge in [-0.05, 0) is 48.9 Å². The summed E-state index contributed by atoms with van der Waals surface area (Å²) >= 11 is 0. The van der Waals surface area contributed by atoms with Gasteiger partial charge >= 0.3 is 0 Å². The lowest BCUT2D eigenvalue weighted by Gasteiger charge is -2.22. The SMILES string of the molecule is COc1ccc(CCC(=O)Nc2ncccc2OCC2CCCCC2)c(OC)c1OC. The van der Waals surface area contributed by atoms with Gasteiger partial charge in [0.05, 0.1) is 27.9 Å². The van der Waals surface area contributed by atoms with Crippen molar-refractivity contribution in [3.05, 3.63) is 36.0 Å². The molecule has 0 aliphatic heterocycles. The molecule has 3 rings (SSSR count). The van der Waals surface area contributed by atoms with E-state index in [1.165, 1.54) is 32.1 Å². The van der Waals surface area contributed by atoms with E-state index in [4.69, 9.17) is 18.9 Å². The molecule has 1 amide bonds. The molecule has 0 radical (unpaired) electrons. The number of carbonyl (C=O) groups is 1. The number of anilines is 1. The molecular formula is C24H32N2O5. The fraction of sp³-hybridized carbons (Fsp3) is 0.500. The minimum atomic E-state index is -0.141. The van der Waals surface area contributed by atoms with Crippen LogP contribution in [0.2, 0.25) is 0 Å². The number of nitrogens with zero attached hydrogens (tertiary/aromatic N) is 1. The highest BCUT2D eigenvalue weighted by Crippen LogP contribution is 2.40. The van der Waals surface area contributed by atoms with Gasteiger partial charge in [0.25, 0.3) is 0 Å². The average molecular weight is 429 g/mol. The lowest BCUT2D eigenvalue weighted by Crippen LogP contribution is -2.18. The zero-order valence-electron chi connectivity index (χ0n) is 18.6. The molecule has 0 unspecified atom stereocenters. The third-order valence-electron chi connectivity index (χ3n) is 5.63. The lowest BCUT2D eigenvalue weighted by molar-refractivity contribution is -0.116. The second-order valence-electron chi connectivity index (χ2n) is 7.71. The maximum absolute atomic E-state index is 12.6. The summed E-state index contributed by atoms with van der Waals surface area (Å²) in [7, 11) is 4.71. The van der Waals surface area contributed by atoms with Crippen LogP contribution in [0.15, 0.2) is 30.5 Å². The Labute approximate surface area is 184 Å². The molecule has 1 saturated carbocycles. The molecule has 7 nitrogen and oxygen atoms in total. The monoisotopic (exact) mass is 428 g/mol. The second-order valence-corrected chi connectivity index (χ2v) is 7.71. The van der Waals surface area contributed by atoms with Crippen molar-refractivity contribution in [2.45, 2.75) is 44.9 Å². The fourth-order valence-corrected chi connectivity index (χ4v) is 3.97. The Hall–Kier alpha value is -2.96. The van der Waals surface area contributed by atoms with Crippen LogP contribution in [0.25, 0.3) is 0 Å². The van der Waals surface area contributed by atoms with Crippen molar-refractivity contribution in [3.8, 4) is 23.0 Å². The number of ether oxygens (including phenoxy) is 4. The summed E-state index contributed by atoms with van der Waals surface area (Å²) in [5.74, 6) is 3.19. The predicted molar refractivity (Wildman–Crippen MR) is 119 cm³/mol. The Kier molecular flexibility index (Phi) is 8.38. The number of nitrogens with one attached hydrogen (secondary N) is 1. The zero-order valence-corrected chi connectivity index (χ0v) is 18.6. The van der Waals surface area contributed by atoms with Crippen LogP contribution in [0.4, 0.5) is 5.82 Å². The molecule has 7 heteroatoms. The average Bonchev–Trinajstić information content (AvgIpc) is 2.82. The van der Waals surface area contributed by atoms with Crippen molar-refractivity contribution in [3.63, 3.8) is 0 Å². The van der Waals surface area contributed by atoms with E-state index >= 15 is 0 Å². The Balaban J connectivity index is 1.60. The van der Waals surface area contributed by atoms with Gasteiger partial charge in [-0.1, -0.05) is 25.3 Å². The summed E-state index contributed by atoms with van der Waals surface area (Å²) in [6.07, 6.45) is 8.67. The molecule has 1 fully saturated rings. The van der Waals surface area contributed by atoms with Crippen LogP contribution in [0.5, 0.6) is 23.0 Å². The Morgan fingerprint density at radius 2 is 1.77 bits per heavy atom. The van der Waals surface area contributed by atoms with Crippen LogP contribution in [-0.4, -0.2) is 38.8 Å². The van der Waals surface area contributed by atoms with Gasteiger partial charge < -0.3 is 24.3 Å². The zero-order chi connectivity index (χ0) is 22.1. The third kappa shape index (κ3) is 6.03. The number of benzene rings is 1. The van der Waals surface area contributed by atoms with Gasteiger partial charge in [-0.25, -0.2) is 4.98 Å². The molecule has 1 aromatic heterocycles. The standard InChI is InChI=1S/C24H32N2O5/c1-28-19-13-11-18(22(29-2)23(19)30-3)12-14-21(27)26-24-20(10-7-15-25-24)31-16-17-8-5-4-6-9-17/h7,10-11,13,15,17H,4-6,8-9,12,14,16H2,1-3H3,(H,25,26,27). The lowest BCUT2D eigenvalue weighted by atomic mass is 9.90. The molecule has 0 bridgehead atoms. The number of aromatic nitrogens is 1. The topological polar surface area (TPSA) is 78.9 Å². The van der Waals surface area contributed by atoms with Crippen LogP contribution in [0.3, 0.4) is 0 Å². The fourth-order valence-electron chi connectivity index (χ4n) is 3.97. The molecule has 0 atom stereocenters. The van der Waals surface area contributed by atoms with E-state index in [9.17, 15) is 4.79 Å². The summed E-state index contributed by atoms with van der Waals surface area (Å²) in [4.78, 5) is 16.9. The molecule has 1 aromatic carbocycles. The van der Waals surface area contributed by atoms with E-state index in [-0.39, 0.29) is 12.3 Å². The third-order valence-corrected chi connectivity index (χ3v) is 5.63. The highest BCUT2D eigenvalue weighted by molar-refractivity contribution is 5.91. The highest BCUT2D eigenvalue weighted by atomic mass is 16.5. The number of carbonyl (C=O) groups excluding carboxylic acids is 1. The van der Waals surface area contributed by atoms with Crippen LogP contribution >= 0.6 is 0 Å². The minimum Gasteiger partial charge on any atom is -0.493 e. The predicted octanol–water partition coefficient (Wildman–Crippen LogP) is 4.64. The van der Waals surface area contributed by atoms with Crippen molar-refractivity contribution < 1.29 is 23.7 Å². The van der Waals surface area contributed by atoms with Crippen molar-refractivity contribution in [1.29, 1.82) is 0 Å². The van der Waals surface area contributed by atoms with Gasteiger partial charge in [0.15, 0.2) is 23.1 Å². The molecule has 0 saturated heterocycles. The molecule has 168 valence electrons. The van der Waals surface area contributed by atoms with E-state index in [0.717, 1.165) is 5.56 Å². The molecule has 1 heterocycles. The Morgan fingerprint density at radius 3 is 2.48 bits per heavy atom. The van der Waals surface area contributed by atoms with E-state index in [1.807, 2.05) is 24.3 Å². The molecule has 1 aliphatic rings. The van der Waals surface area contributed by atoms with E-state index in [0.29, 0.717) is 47.8 Å². The summed E-state index contributed by atoms with van der Waals surface area (Å²) < 4.78 is 22.2. The number of methoxy groups -OCH3 is 3. The van der Waals surface area contributed by atoms with Gasteiger partial charge in [0.2, 0.25) is 11.7 Å². The van der Waals surface area contributed by atoms with E-state index in [1.54, 1.807) is 27.5 Å². The Bertz CT molecular complexity index is 865.